The van der Waals surface area contributed by atoms with Crippen LogP contribution in [0, 0.1) is 6.92 Å². The average Bonchev–Trinajstić information content (AvgIpc) is 3.00. The van der Waals surface area contributed by atoms with Gasteiger partial charge < -0.3 is 15.1 Å². The lowest BCUT2D eigenvalue weighted by Gasteiger charge is -2.14. The lowest BCUT2D eigenvalue weighted by Crippen LogP contribution is -2.27. The van der Waals surface area contributed by atoms with Crippen LogP contribution in [0.5, 0.6) is 0 Å². The summed E-state index contributed by atoms with van der Waals surface area (Å²) in [5.41, 5.74) is 2.83. The predicted octanol–water partition coefficient (Wildman–Crippen LogP) is 3.95. The summed E-state index contributed by atoms with van der Waals surface area (Å²) in [7, 11) is 0. The van der Waals surface area contributed by atoms with Crippen LogP contribution in [-0.4, -0.2) is 17.6 Å². The fourth-order valence-electron chi connectivity index (χ4n) is 3.32. The molecule has 0 bridgehead atoms. The van der Waals surface area contributed by atoms with Gasteiger partial charge in [0.1, 0.15) is 5.76 Å². The highest BCUT2D eigenvalue weighted by atomic mass is 16.4. The highest BCUT2D eigenvalue weighted by molar-refractivity contribution is 6.03. The van der Waals surface area contributed by atoms with Crippen LogP contribution in [0.15, 0.2) is 28.7 Å². The normalized spacial score (nSPS) is 14.4. The minimum atomic E-state index is -0.328. The summed E-state index contributed by atoms with van der Waals surface area (Å²) in [4.78, 5) is 36.2. The van der Waals surface area contributed by atoms with Crippen molar-refractivity contribution >= 4 is 23.3 Å². The number of carbonyl (C=O) groups is 3. The number of nitrogens with one attached hydrogen (secondary N) is 2. The first-order valence-corrected chi connectivity index (χ1v) is 9.26. The first-order chi connectivity index (χ1) is 12.9. The van der Waals surface area contributed by atoms with Crippen molar-refractivity contribution in [3.8, 4) is 0 Å². The zero-order valence-corrected chi connectivity index (χ0v) is 15.8. The third-order valence-corrected chi connectivity index (χ3v) is 4.88. The summed E-state index contributed by atoms with van der Waals surface area (Å²) < 4.78 is 5.70. The maximum Gasteiger partial charge on any atom is 0.287 e. The van der Waals surface area contributed by atoms with E-state index in [1.165, 1.54) is 0 Å². The molecule has 6 heteroatoms. The number of fused-ring (bicyclic) bond motifs is 1. The molecule has 6 nitrogen and oxygen atoms in total. The highest BCUT2D eigenvalue weighted by Gasteiger charge is 2.29. The van der Waals surface area contributed by atoms with Gasteiger partial charge in [0.2, 0.25) is 5.91 Å². The quantitative estimate of drug-likeness (QED) is 0.836. The number of hydrogen-bond acceptors (Lipinski definition) is 4. The molecule has 1 aromatic heterocycles. The molecule has 27 heavy (non-hydrogen) atoms. The van der Waals surface area contributed by atoms with Gasteiger partial charge in [0, 0.05) is 30.5 Å². The van der Waals surface area contributed by atoms with E-state index in [-0.39, 0.29) is 29.4 Å². The van der Waals surface area contributed by atoms with E-state index in [0.29, 0.717) is 36.1 Å². The Kier molecular flexibility index (Phi) is 5.44. The summed E-state index contributed by atoms with van der Waals surface area (Å²) in [6.45, 7) is 5.43. The second-order valence-electron chi connectivity index (χ2n) is 6.85. The van der Waals surface area contributed by atoms with Gasteiger partial charge in [0.25, 0.3) is 5.91 Å². The second kappa shape index (κ2) is 7.78. The Bertz CT molecular complexity index is 880. The molecule has 1 aromatic carbocycles. The Labute approximate surface area is 158 Å². The first kappa shape index (κ1) is 18.9. The van der Waals surface area contributed by atoms with E-state index in [0.717, 1.165) is 17.7 Å². The van der Waals surface area contributed by atoms with Crippen molar-refractivity contribution in [3.05, 3.63) is 52.5 Å². The summed E-state index contributed by atoms with van der Waals surface area (Å²) in [5, 5.41) is 5.71. The van der Waals surface area contributed by atoms with Crippen molar-refractivity contribution in [2.45, 2.75) is 52.5 Å². The topological polar surface area (TPSA) is 88.4 Å². The molecule has 142 valence electrons. The maximum atomic E-state index is 12.7. The molecule has 2 aromatic rings. The van der Waals surface area contributed by atoms with E-state index >= 15 is 0 Å². The number of furan rings is 1. The van der Waals surface area contributed by atoms with Crippen molar-refractivity contribution in [1.29, 1.82) is 0 Å². The van der Waals surface area contributed by atoms with Gasteiger partial charge in [-0.3, -0.25) is 14.4 Å². The summed E-state index contributed by atoms with van der Waals surface area (Å²) in [6, 6.07) is 7.09. The number of benzene rings is 1. The van der Waals surface area contributed by atoms with Crippen LogP contribution in [0.2, 0.25) is 0 Å². The smallest absolute Gasteiger partial charge is 0.287 e. The van der Waals surface area contributed by atoms with Crippen LogP contribution >= 0.6 is 0 Å². The van der Waals surface area contributed by atoms with E-state index < -0.39 is 0 Å². The molecule has 0 spiro atoms. The van der Waals surface area contributed by atoms with Gasteiger partial charge in [-0.15, -0.1) is 0 Å². The highest BCUT2D eigenvalue weighted by Crippen LogP contribution is 2.29. The standard InChI is InChI=1S/C21H24N2O4/c1-4-18(25)23-15-10-8-14(9-11-15)13(3)22-21(26)20-12(2)19-16(24)6-5-7-17(19)27-20/h8-11,13H,4-7H2,1-3H3,(H,22,26)(H,23,25)/t13-/m1/s1. The van der Waals surface area contributed by atoms with Crippen LogP contribution in [0.25, 0.3) is 0 Å². The van der Waals surface area contributed by atoms with Gasteiger partial charge in [-0.25, -0.2) is 0 Å². The number of rotatable bonds is 5. The summed E-state index contributed by atoms with van der Waals surface area (Å²) in [5.74, 6) is 0.516. The minimum Gasteiger partial charge on any atom is -0.455 e. The number of Topliss-reactive ketones (excluding diaryl/α,β-unsaturated/α-hetero) is 1. The van der Waals surface area contributed by atoms with Crippen molar-refractivity contribution < 1.29 is 18.8 Å². The molecule has 0 unspecified atom stereocenters. The van der Waals surface area contributed by atoms with Crippen LogP contribution in [0.1, 0.15) is 77.0 Å². The third-order valence-electron chi connectivity index (χ3n) is 4.88. The monoisotopic (exact) mass is 368 g/mol. The van der Waals surface area contributed by atoms with E-state index in [2.05, 4.69) is 10.6 Å². The predicted molar refractivity (Wildman–Crippen MR) is 102 cm³/mol. The average molecular weight is 368 g/mol. The zero-order chi connectivity index (χ0) is 19.6. The number of ketones is 1. The second-order valence-corrected chi connectivity index (χ2v) is 6.85. The van der Waals surface area contributed by atoms with Gasteiger partial charge in [-0.05, 0) is 38.0 Å². The number of amides is 2. The Hall–Kier alpha value is -2.89. The van der Waals surface area contributed by atoms with E-state index in [1.807, 2.05) is 19.1 Å². The molecule has 1 atom stereocenters. The Morgan fingerprint density at radius 3 is 2.52 bits per heavy atom. The van der Waals surface area contributed by atoms with Crippen LogP contribution in [-0.2, 0) is 11.2 Å². The van der Waals surface area contributed by atoms with Crippen LogP contribution in [0.3, 0.4) is 0 Å². The van der Waals surface area contributed by atoms with Crippen molar-refractivity contribution in [2.24, 2.45) is 0 Å². The van der Waals surface area contributed by atoms with E-state index in [1.54, 1.807) is 26.0 Å². The number of aryl methyl sites for hydroxylation is 1. The fourth-order valence-corrected chi connectivity index (χ4v) is 3.32. The van der Waals surface area contributed by atoms with Crippen molar-refractivity contribution in [2.75, 3.05) is 5.32 Å². The van der Waals surface area contributed by atoms with Gasteiger partial charge in [0.15, 0.2) is 11.5 Å². The van der Waals surface area contributed by atoms with Gasteiger partial charge in [-0.2, -0.15) is 0 Å². The molecule has 1 aliphatic carbocycles. The number of anilines is 1. The third kappa shape index (κ3) is 3.94. The zero-order valence-electron chi connectivity index (χ0n) is 15.8. The van der Waals surface area contributed by atoms with Crippen LogP contribution < -0.4 is 10.6 Å². The molecule has 2 N–H and O–H groups in total. The molecule has 2 amide bonds. The van der Waals surface area contributed by atoms with Crippen molar-refractivity contribution in [1.82, 2.24) is 5.32 Å². The summed E-state index contributed by atoms with van der Waals surface area (Å²) in [6.07, 6.45) is 2.38. The number of carbonyl (C=O) groups excluding carboxylic acids is 3. The Balaban J connectivity index is 1.71. The van der Waals surface area contributed by atoms with E-state index in [9.17, 15) is 14.4 Å². The lowest BCUT2D eigenvalue weighted by atomic mass is 9.94. The molecule has 0 aliphatic heterocycles. The maximum absolute atomic E-state index is 12.7. The molecule has 1 aliphatic rings. The molecular formula is C21H24N2O4. The van der Waals surface area contributed by atoms with Gasteiger partial charge in [-0.1, -0.05) is 19.1 Å². The summed E-state index contributed by atoms with van der Waals surface area (Å²) >= 11 is 0. The molecular weight excluding hydrogens is 344 g/mol. The fraction of sp³-hybridized carbons (Fsp3) is 0.381. The van der Waals surface area contributed by atoms with Crippen LogP contribution in [0.4, 0.5) is 5.69 Å². The first-order valence-electron chi connectivity index (χ1n) is 9.26. The molecule has 3 rings (SSSR count). The molecule has 0 radical (unpaired) electrons. The van der Waals surface area contributed by atoms with Gasteiger partial charge >= 0.3 is 0 Å². The Morgan fingerprint density at radius 2 is 1.89 bits per heavy atom. The largest absolute Gasteiger partial charge is 0.455 e. The molecule has 0 fully saturated rings. The molecule has 1 heterocycles. The van der Waals surface area contributed by atoms with E-state index in [4.69, 9.17) is 4.42 Å². The lowest BCUT2D eigenvalue weighted by molar-refractivity contribution is -0.115. The van der Waals surface area contributed by atoms with Gasteiger partial charge in [0.05, 0.1) is 11.6 Å². The van der Waals surface area contributed by atoms with Crippen molar-refractivity contribution in [3.63, 3.8) is 0 Å². The molecule has 0 saturated heterocycles. The minimum absolute atomic E-state index is 0.0455. The molecule has 0 saturated carbocycles. The Morgan fingerprint density at radius 1 is 1.19 bits per heavy atom. The number of hydrogen-bond donors (Lipinski definition) is 2. The SMILES string of the molecule is CCC(=O)Nc1ccc([C@@H](C)NC(=O)c2oc3c(c2C)C(=O)CCC3)cc1.